The van der Waals surface area contributed by atoms with Crippen LogP contribution >= 0.6 is 0 Å². The van der Waals surface area contributed by atoms with Gasteiger partial charge in [-0.1, -0.05) is 182 Å². The van der Waals surface area contributed by atoms with Crippen LogP contribution in [-0.4, -0.2) is 19.9 Å². The average molecular weight is 827 g/mol. The lowest BCUT2D eigenvalue weighted by Crippen LogP contribution is -2.28. The molecular formula is C61H38N4. The molecule has 1 aliphatic carbocycles. The van der Waals surface area contributed by atoms with E-state index in [0.29, 0.717) is 0 Å². The first-order valence-electron chi connectivity index (χ1n) is 22.1. The second-order valence-electron chi connectivity index (χ2n) is 17.0. The molecule has 65 heavy (non-hydrogen) atoms. The molecule has 0 N–H and O–H groups in total. The van der Waals surface area contributed by atoms with Crippen LogP contribution in [0.2, 0.25) is 0 Å². The predicted octanol–water partition coefficient (Wildman–Crippen LogP) is 14.9. The van der Waals surface area contributed by atoms with E-state index in [-0.39, 0.29) is 0 Å². The van der Waals surface area contributed by atoms with Gasteiger partial charge in [0.1, 0.15) is 0 Å². The second kappa shape index (κ2) is 14.8. The summed E-state index contributed by atoms with van der Waals surface area (Å²) in [6.45, 7) is 0. The van der Waals surface area contributed by atoms with Gasteiger partial charge in [0.25, 0.3) is 0 Å². The summed E-state index contributed by atoms with van der Waals surface area (Å²) in [7, 11) is 0. The number of fused-ring (bicyclic) bond motifs is 9. The maximum absolute atomic E-state index is 5.16. The molecule has 1 aliphatic rings. The predicted molar refractivity (Wildman–Crippen MR) is 267 cm³/mol. The highest BCUT2D eigenvalue weighted by molar-refractivity contribution is 6.04. The summed E-state index contributed by atoms with van der Waals surface area (Å²) in [4.78, 5) is 19.7. The van der Waals surface area contributed by atoms with Crippen molar-refractivity contribution in [3.05, 3.63) is 253 Å². The first-order chi connectivity index (χ1) is 32.2. The molecule has 4 nitrogen and oxygen atoms in total. The van der Waals surface area contributed by atoms with Gasteiger partial charge in [0.05, 0.1) is 38.9 Å². The lowest BCUT2D eigenvalue weighted by Gasteiger charge is -2.34. The van der Waals surface area contributed by atoms with Crippen LogP contribution in [0.25, 0.3) is 99.5 Å². The van der Waals surface area contributed by atoms with E-state index in [1.54, 1.807) is 0 Å². The zero-order chi connectivity index (χ0) is 42.9. The number of nitrogens with zero attached hydrogens (tertiary/aromatic N) is 4. The molecule has 0 aliphatic heterocycles. The number of hydrogen-bond acceptors (Lipinski definition) is 4. The molecule has 0 radical (unpaired) electrons. The molecule has 0 spiro atoms. The topological polar surface area (TPSA) is 51.6 Å². The minimum absolute atomic E-state index is 0.522. The van der Waals surface area contributed by atoms with Gasteiger partial charge in [0.15, 0.2) is 0 Å². The summed E-state index contributed by atoms with van der Waals surface area (Å²) < 4.78 is 0. The molecule has 0 unspecified atom stereocenters. The van der Waals surface area contributed by atoms with Crippen molar-refractivity contribution in [1.82, 2.24) is 19.9 Å². The van der Waals surface area contributed by atoms with Crippen LogP contribution in [0.1, 0.15) is 22.3 Å². The third-order valence-corrected chi connectivity index (χ3v) is 13.4. The third kappa shape index (κ3) is 5.92. The number of hydrogen-bond donors (Lipinski definition) is 0. The minimum Gasteiger partial charge on any atom is -0.254 e. The van der Waals surface area contributed by atoms with Gasteiger partial charge in [-0.05, 0) is 92.0 Å². The maximum atomic E-state index is 5.16. The minimum atomic E-state index is -0.522. The fraction of sp³-hybridized carbons (Fsp3) is 0.0164. The summed E-state index contributed by atoms with van der Waals surface area (Å²) in [5.74, 6) is 0. The molecule has 13 rings (SSSR count). The highest BCUT2D eigenvalue weighted by Crippen LogP contribution is 2.56. The van der Waals surface area contributed by atoms with Crippen molar-refractivity contribution in [2.45, 2.75) is 5.41 Å². The van der Waals surface area contributed by atoms with Gasteiger partial charge < -0.3 is 0 Å². The van der Waals surface area contributed by atoms with Crippen molar-refractivity contribution >= 4 is 43.6 Å². The molecule has 0 saturated heterocycles. The van der Waals surface area contributed by atoms with Crippen molar-refractivity contribution in [3.63, 3.8) is 0 Å². The van der Waals surface area contributed by atoms with Gasteiger partial charge in [0, 0.05) is 45.1 Å². The van der Waals surface area contributed by atoms with Crippen LogP contribution < -0.4 is 0 Å². The van der Waals surface area contributed by atoms with E-state index in [9.17, 15) is 0 Å². The molecule has 4 heterocycles. The van der Waals surface area contributed by atoms with Gasteiger partial charge in [-0.2, -0.15) is 0 Å². The quantitative estimate of drug-likeness (QED) is 0.157. The van der Waals surface area contributed by atoms with Gasteiger partial charge in [-0.3, -0.25) is 9.97 Å². The highest BCUT2D eigenvalue weighted by Gasteiger charge is 2.45. The van der Waals surface area contributed by atoms with Crippen LogP contribution in [0.15, 0.2) is 231 Å². The van der Waals surface area contributed by atoms with Gasteiger partial charge in [-0.25, -0.2) is 9.97 Å². The largest absolute Gasteiger partial charge is 0.254 e. The van der Waals surface area contributed by atoms with Crippen molar-refractivity contribution in [1.29, 1.82) is 0 Å². The standard InChI is InChI=1S/C61H38N4/c1-3-17-53-51(15-1)52-16-2-4-18-54(52)61(53,49-29-23-39(24-30-49)45-9-5-11-47(37-45)55-33-27-43-21-19-41-13-7-35-62-57(41)59(43)64-55)50-31-25-40(26-32-50)46-10-6-12-48(38-46)56-34-28-44-22-20-42-14-8-36-63-58(42)60(44)65-56/h1-38H. The van der Waals surface area contributed by atoms with Crippen LogP contribution in [0, 0.1) is 0 Å². The second-order valence-corrected chi connectivity index (χ2v) is 17.0. The molecule has 0 saturated carbocycles. The van der Waals surface area contributed by atoms with E-state index in [4.69, 9.17) is 9.97 Å². The first kappa shape index (κ1) is 37.0. The maximum Gasteiger partial charge on any atom is 0.0972 e. The number of benzene rings is 8. The molecule has 0 fully saturated rings. The van der Waals surface area contributed by atoms with Gasteiger partial charge >= 0.3 is 0 Å². The Morgan fingerprint density at radius 1 is 0.277 bits per heavy atom. The Hall–Kier alpha value is -8.60. The zero-order valence-corrected chi connectivity index (χ0v) is 35.2. The molecule has 4 heteroatoms. The smallest absolute Gasteiger partial charge is 0.0972 e. The van der Waals surface area contributed by atoms with E-state index >= 15 is 0 Å². The Bertz CT molecular complexity index is 3580. The molecular weight excluding hydrogens is 789 g/mol. The fourth-order valence-corrected chi connectivity index (χ4v) is 10.3. The normalized spacial score (nSPS) is 12.7. The third-order valence-electron chi connectivity index (χ3n) is 13.4. The van der Waals surface area contributed by atoms with Crippen molar-refractivity contribution in [2.75, 3.05) is 0 Å². The van der Waals surface area contributed by atoms with E-state index in [0.717, 1.165) is 88.4 Å². The zero-order valence-electron chi connectivity index (χ0n) is 35.2. The van der Waals surface area contributed by atoms with E-state index in [1.807, 2.05) is 24.5 Å². The molecule has 8 aromatic carbocycles. The van der Waals surface area contributed by atoms with Crippen molar-refractivity contribution < 1.29 is 0 Å². The van der Waals surface area contributed by atoms with Crippen molar-refractivity contribution in [3.8, 4) is 55.9 Å². The summed E-state index contributed by atoms with van der Waals surface area (Å²) in [5, 5.41) is 4.35. The molecule has 0 atom stereocenters. The van der Waals surface area contributed by atoms with E-state index < -0.39 is 5.41 Å². The van der Waals surface area contributed by atoms with Gasteiger partial charge in [-0.15, -0.1) is 0 Å². The SMILES string of the molecule is c1cc(-c2ccc(C3(c4ccc(-c5cccc(-c6ccc7ccc8cccnc8c7n6)c5)cc4)c4ccccc4-c4ccccc43)cc2)cc(-c2ccc3ccc4cccnc4c3n2)c1. The molecule has 0 bridgehead atoms. The molecule has 0 amide bonds. The van der Waals surface area contributed by atoms with E-state index in [2.05, 4.69) is 216 Å². The van der Waals surface area contributed by atoms with Crippen LogP contribution in [0.5, 0.6) is 0 Å². The van der Waals surface area contributed by atoms with Crippen LogP contribution in [0.4, 0.5) is 0 Å². The summed E-state index contributed by atoms with van der Waals surface area (Å²) >= 11 is 0. The molecule has 302 valence electrons. The Morgan fingerprint density at radius 3 is 1.14 bits per heavy atom. The fourth-order valence-electron chi connectivity index (χ4n) is 10.3. The molecule has 4 aromatic heterocycles. The number of pyridine rings is 4. The van der Waals surface area contributed by atoms with Crippen LogP contribution in [-0.2, 0) is 5.41 Å². The lowest BCUT2D eigenvalue weighted by atomic mass is 9.67. The summed E-state index contributed by atoms with van der Waals surface area (Å²) in [5.41, 5.74) is 19.3. The van der Waals surface area contributed by atoms with Crippen molar-refractivity contribution in [2.24, 2.45) is 0 Å². The monoisotopic (exact) mass is 826 g/mol. The average Bonchev–Trinajstić information content (AvgIpc) is 3.69. The first-order valence-corrected chi connectivity index (χ1v) is 22.1. The highest BCUT2D eigenvalue weighted by atomic mass is 14.8. The van der Waals surface area contributed by atoms with Crippen LogP contribution in [0.3, 0.4) is 0 Å². The summed E-state index contributed by atoms with van der Waals surface area (Å²) in [6, 6.07) is 78.9. The van der Waals surface area contributed by atoms with E-state index in [1.165, 1.54) is 33.4 Å². The Labute approximate surface area is 376 Å². The summed E-state index contributed by atoms with van der Waals surface area (Å²) in [6.07, 6.45) is 3.68. The Kier molecular flexibility index (Phi) is 8.40. The lowest BCUT2D eigenvalue weighted by molar-refractivity contribution is 0.769. The van der Waals surface area contributed by atoms with Gasteiger partial charge in [0.2, 0.25) is 0 Å². The molecule has 12 aromatic rings. The Balaban J connectivity index is 0.884. The number of rotatable bonds is 6. The number of aromatic nitrogens is 4. The Morgan fingerprint density at radius 2 is 0.677 bits per heavy atom.